The van der Waals surface area contributed by atoms with Gasteiger partial charge in [-0.15, -0.1) is 0 Å². The maximum atomic E-state index is 4.50. The largest absolute Gasteiger partial charge is 0.334 e. The number of nitrogens with one attached hydrogen (secondary N) is 1. The molecule has 0 aliphatic carbocycles. The summed E-state index contributed by atoms with van der Waals surface area (Å²) in [7, 11) is 0. The number of nitrogens with zero attached hydrogens (tertiary/aromatic N) is 5. The quantitative estimate of drug-likeness (QED) is 0.903. The van der Waals surface area contributed by atoms with E-state index in [1.54, 1.807) is 6.33 Å². The molecule has 3 rings (SSSR count). The lowest BCUT2D eigenvalue weighted by molar-refractivity contribution is 0.190. The summed E-state index contributed by atoms with van der Waals surface area (Å²) in [6, 6.07) is 0. The van der Waals surface area contributed by atoms with Crippen LogP contribution in [0.4, 0.5) is 0 Å². The molecule has 1 saturated heterocycles. The van der Waals surface area contributed by atoms with Crippen LogP contribution in [0.3, 0.4) is 0 Å². The summed E-state index contributed by atoms with van der Waals surface area (Å²) in [4.78, 5) is 11.3. The fourth-order valence-electron chi connectivity index (χ4n) is 2.97. The first-order valence-electron chi connectivity index (χ1n) is 7.44. The molecule has 2 aromatic rings. The van der Waals surface area contributed by atoms with Crippen molar-refractivity contribution in [2.24, 2.45) is 0 Å². The molecule has 20 heavy (non-hydrogen) atoms. The smallest absolute Gasteiger partial charge is 0.137 e. The van der Waals surface area contributed by atoms with Crippen LogP contribution in [0.2, 0.25) is 0 Å². The minimum absolute atomic E-state index is 0.473. The number of imidazole rings is 1. The van der Waals surface area contributed by atoms with Crippen LogP contribution < -0.4 is 0 Å². The van der Waals surface area contributed by atoms with Gasteiger partial charge >= 0.3 is 0 Å². The Morgan fingerprint density at radius 3 is 3.15 bits per heavy atom. The van der Waals surface area contributed by atoms with Crippen molar-refractivity contribution in [3.8, 4) is 0 Å². The summed E-state index contributed by atoms with van der Waals surface area (Å²) in [6.07, 6.45) is 9.13. The van der Waals surface area contributed by atoms with Crippen LogP contribution in [0.15, 0.2) is 18.7 Å². The van der Waals surface area contributed by atoms with E-state index >= 15 is 0 Å². The van der Waals surface area contributed by atoms with Gasteiger partial charge in [0.1, 0.15) is 18.0 Å². The minimum Gasteiger partial charge on any atom is -0.334 e. The van der Waals surface area contributed by atoms with Gasteiger partial charge in [-0.3, -0.25) is 10.00 Å². The molecule has 1 aliphatic rings. The normalized spacial score (nSPS) is 20.4. The van der Waals surface area contributed by atoms with Crippen molar-refractivity contribution in [1.29, 1.82) is 0 Å². The molecule has 1 unspecified atom stereocenters. The molecule has 0 radical (unpaired) electrons. The van der Waals surface area contributed by atoms with Crippen molar-refractivity contribution in [2.75, 3.05) is 13.1 Å². The first-order valence-corrected chi connectivity index (χ1v) is 7.44. The lowest BCUT2D eigenvalue weighted by Gasteiger charge is -2.31. The molecule has 6 heteroatoms. The Balaban J connectivity index is 1.64. The third-order valence-electron chi connectivity index (χ3n) is 3.96. The number of piperidine rings is 1. The molecule has 108 valence electrons. The maximum Gasteiger partial charge on any atom is 0.137 e. The SMILES string of the molecule is CCCn1ccnc1CN1CCCC(c2ncn[nH]2)C1. The molecule has 0 saturated carbocycles. The van der Waals surface area contributed by atoms with E-state index < -0.39 is 0 Å². The van der Waals surface area contributed by atoms with Gasteiger partial charge in [0.15, 0.2) is 0 Å². The van der Waals surface area contributed by atoms with E-state index in [0.717, 1.165) is 38.4 Å². The molecule has 3 heterocycles. The zero-order valence-electron chi connectivity index (χ0n) is 12.0. The predicted molar refractivity (Wildman–Crippen MR) is 76.2 cm³/mol. The summed E-state index contributed by atoms with van der Waals surface area (Å²) in [5, 5.41) is 6.97. The second kappa shape index (κ2) is 6.17. The number of aryl methyl sites for hydroxylation is 1. The number of aromatic amines is 1. The van der Waals surface area contributed by atoms with Gasteiger partial charge in [-0.25, -0.2) is 9.97 Å². The topological polar surface area (TPSA) is 62.6 Å². The van der Waals surface area contributed by atoms with Gasteiger partial charge in [0.05, 0.1) is 6.54 Å². The summed E-state index contributed by atoms with van der Waals surface area (Å²) in [5.41, 5.74) is 0. The first-order chi connectivity index (χ1) is 9.86. The summed E-state index contributed by atoms with van der Waals surface area (Å²) in [5.74, 6) is 2.66. The summed E-state index contributed by atoms with van der Waals surface area (Å²) in [6.45, 7) is 6.36. The van der Waals surface area contributed by atoms with Crippen LogP contribution in [-0.2, 0) is 13.1 Å². The van der Waals surface area contributed by atoms with Crippen LogP contribution in [0.1, 0.15) is 43.8 Å². The Bertz CT molecular complexity index is 518. The van der Waals surface area contributed by atoms with Gasteiger partial charge in [0.25, 0.3) is 0 Å². The fraction of sp³-hybridized carbons (Fsp3) is 0.643. The van der Waals surface area contributed by atoms with Gasteiger partial charge in [-0.2, -0.15) is 5.10 Å². The van der Waals surface area contributed by atoms with Crippen molar-refractivity contribution >= 4 is 0 Å². The molecular weight excluding hydrogens is 252 g/mol. The van der Waals surface area contributed by atoms with Crippen molar-refractivity contribution < 1.29 is 0 Å². The van der Waals surface area contributed by atoms with Gasteiger partial charge in [-0.1, -0.05) is 6.92 Å². The monoisotopic (exact) mass is 274 g/mol. The van der Waals surface area contributed by atoms with Crippen LogP contribution >= 0.6 is 0 Å². The molecule has 1 aliphatic heterocycles. The second-order valence-electron chi connectivity index (χ2n) is 5.48. The zero-order chi connectivity index (χ0) is 13.8. The van der Waals surface area contributed by atoms with E-state index in [-0.39, 0.29) is 0 Å². The lowest BCUT2D eigenvalue weighted by Crippen LogP contribution is -2.35. The van der Waals surface area contributed by atoms with Crippen molar-refractivity contribution in [3.05, 3.63) is 30.4 Å². The highest BCUT2D eigenvalue weighted by Gasteiger charge is 2.24. The zero-order valence-corrected chi connectivity index (χ0v) is 12.0. The molecular formula is C14H22N6. The molecule has 2 aromatic heterocycles. The van der Waals surface area contributed by atoms with Gasteiger partial charge < -0.3 is 4.57 Å². The fourth-order valence-corrected chi connectivity index (χ4v) is 2.97. The molecule has 1 N–H and O–H groups in total. The highest BCUT2D eigenvalue weighted by atomic mass is 15.2. The average Bonchev–Trinajstić information content (AvgIpc) is 3.12. The Kier molecular flexibility index (Phi) is 4.11. The molecule has 6 nitrogen and oxygen atoms in total. The van der Waals surface area contributed by atoms with E-state index in [2.05, 4.69) is 42.8 Å². The lowest BCUT2D eigenvalue weighted by atomic mass is 9.97. The number of hydrogen-bond donors (Lipinski definition) is 1. The summed E-state index contributed by atoms with van der Waals surface area (Å²) >= 11 is 0. The Morgan fingerprint density at radius 2 is 2.35 bits per heavy atom. The van der Waals surface area contributed by atoms with E-state index in [9.17, 15) is 0 Å². The van der Waals surface area contributed by atoms with E-state index in [4.69, 9.17) is 0 Å². The molecule has 1 fully saturated rings. The minimum atomic E-state index is 0.473. The highest BCUT2D eigenvalue weighted by molar-refractivity contribution is 4.99. The molecule has 0 aromatic carbocycles. The average molecular weight is 274 g/mol. The molecule has 0 amide bonds. The summed E-state index contributed by atoms with van der Waals surface area (Å²) < 4.78 is 2.26. The van der Waals surface area contributed by atoms with E-state index in [1.165, 1.54) is 18.7 Å². The second-order valence-corrected chi connectivity index (χ2v) is 5.48. The predicted octanol–water partition coefficient (Wildman–Crippen LogP) is 1.79. The number of H-pyrrole nitrogens is 1. The highest BCUT2D eigenvalue weighted by Crippen LogP contribution is 2.24. The van der Waals surface area contributed by atoms with Gasteiger partial charge in [0, 0.05) is 31.4 Å². The first kappa shape index (κ1) is 13.3. The number of likely N-dealkylation sites (tertiary alicyclic amines) is 1. The molecule has 0 spiro atoms. The maximum absolute atomic E-state index is 4.50. The van der Waals surface area contributed by atoms with Crippen molar-refractivity contribution in [1.82, 2.24) is 29.6 Å². The Morgan fingerprint density at radius 1 is 1.40 bits per heavy atom. The van der Waals surface area contributed by atoms with Crippen molar-refractivity contribution in [2.45, 2.75) is 45.2 Å². The van der Waals surface area contributed by atoms with Crippen LogP contribution in [0, 0.1) is 0 Å². The van der Waals surface area contributed by atoms with Crippen molar-refractivity contribution in [3.63, 3.8) is 0 Å². The van der Waals surface area contributed by atoms with Gasteiger partial charge in [-0.05, 0) is 25.8 Å². The van der Waals surface area contributed by atoms with Crippen LogP contribution in [0.25, 0.3) is 0 Å². The molecule has 1 atom stereocenters. The number of aromatic nitrogens is 5. The third kappa shape index (κ3) is 2.90. The van der Waals surface area contributed by atoms with Crippen LogP contribution in [-0.4, -0.2) is 42.7 Å². The third-order valence-corrected chi connectivity index (χ3v) is 3.96. The van der Waals surface area contributed by atoms with E-state index in [1.807, 2.05) is 6.20 Å². The van der Waals surface area contributed by atoms with E-state index in [0.29, 0.717) is 5.92 Å². The standard InChI is InChI=1S/C14H22N6/c1-2-6-20-8-5-15-13(20)10-19-7-3-4-12(9-19)14-16-11-17-18-14/h5,8,11-12H,2-4,6-7,9-10H2,1H3,(H,16,17,18). The Hall–Kier alpha value is -1.69. The van der Waals surface area contributed by atoms with Gasteiger partial charge in [0.2, 0.25) is 0 Å². The number of rotatable bonds is 5. The number of hydrogen-bond acceptors (Lipinski definition) is 4. The molecule has 0 bridgehead atoms. The Labute approximate surface area is 119 Å². The van der Waals surface area contributed by atoms with Crippen LogP contribution in [0.5, 0.6) is 0 Å².